The second-order valence-electron chi connectivity index (χ2n) is 7.02. The van der Waals surface area contributed by atoms with Gasteiger partial charge in [-0.1, -0.05) is 0 Å². The topological polar surface area (TPSA) is 104 Å². The van der Waals surface area contributed by atoms with Crippen molar-refractivity contribution in [2.45, 2.75) is 45.1 Å². The molecule has 0 saturated carbocycles. The molecule has 0 unspecified atom stereocenters. The standard InChI is InChI=1S/C17H22N6O3/c1-11-9-16(26)23-17(18-11)19-13(20-23)10-15(25)21-7-4-12(5-8-21)22-6-2-3-14(22)24/h9,12H,2-8,10H2,1H3,(H,18,19,20). The third kappa shape index (κ3) is 3.09. The Morgan fingerprint density at radius 3 is 2.69 bits per heavy atom. The van der Waals surface area contributed by atoms with Gasteiger partial charge in [-0.25, -0.2) is 4.98 Å². The molecule has 2 fully saturated rings. The number of H-pyrrole nitrogens is 1. The van der Waals surface area contributed by atoms with Crippen LogP contribution in [0.1, 0.15) is 37.2 Å². The number of nitrogens with one attached hydrogen (secondary N) is 1. The highest BCUT2D eigenvalue weighted by atomic mass is 16.2. The molecule has 0 atom stereocenters. The van der Waals surface area contributed by atoms with E-state index >= 15 is 0 Å². The summed E-state index contributed by atoms with van der Waals surface area (Å²) in [5, 5.41) is 2.85. The van der Waals surface area contributed by atoms with Gasteiger partial charge in [0.1, 0.15) is 5.82 Å². The van der Waals surface area contributed by atoms with E-state index < -0.39 is 0 Å². The highest BCUT2D eigenvalue weighted by Crippen LogP contribution is 2.22. The monoisotopic (exact) mass is 358 g/mol. The molecular weight excluding hydrogens is 336 g/mol. The van der Waals surface area contributed by atoms with E-state index in [0.29, 0.717) is 31.0 Å². The molecule has 2 amide bonds. The van der Waals surface area contributed by atoms with Crippen LogP contribution < -0.4 is 5.56 Å². The number of aromatic amines is 1. The minimum absolute atomic E-state index is 0.0278. The first-order chi connectivity index (χ1) is 12.5. The lowest BCUT2D eigenvalue weighted by Crippen LogP contribution is -2.47. The molecule has 0 radical (unpaired) electrons. The second kappa shape index (κ2) is 6.54. The normalized spacial score (nSPS) is 18.9. The van der Waals surface area contributed by atoms with Gasteiger partial charge in [-0.3, -0.25) is 19.5 Å². The van der Waals surface area contributed by atoms with Crippen molar-refractivity contribution in [1.82, 2.24) is 29.4 Å². The first kappa shape index (κ1) is 16.7. The van der Waals surface area contributed by atoms with Gasteiger partial charge in [0.25, 0.3) is 11.3 Å². The molecule has 2 aromatic rings. The summed E-state index contributed by atoms with van der Waals surface area (Å²) in [6.07, 6.45) is 3.33. The first-order valence-corrected chi connectivity index (χ1v) is 9.04. The number of amides is 2. The van der Waals surface area contributed by atoms with Crippen molar-refractivity contribution in [1.29, 1.82) is 0 Å². The quantitative estimate of drug-likeness (QED) is 0.824. The number of hydrogen-bond acceptors (Lipinski definition) is 5. The molecule has 1 N–H and O–H groups in total. The fraction of sp³-hybridized carbons (Fsp3) is 0.588. The van der Waals surface area contributed by atoms with Crippen LogP contribution in [0, 0.1) is 6.92 Å². The van der Waals surface area contributed by atoms with Crippen molar-refractivity contribution < 1.29 is 9.59 Å². The van der Waals surface area contributed by atoms with Crippen molar-refractivity contribution >= 4 is 17.6 Å². The summed E-state index contributed by atoms with van der Waals surface area (Å²) in [5.74, 6) is 0.927. The average molecular weight is 358 g/mol. The predicted molar refractivity (Wildman–Crippen MR) is 92.6 cm³/mol. The zero-order valence-electron chi connectivity index (χ0n) is 14.8. The third-order valence-corrected chi connectivity index (χ3v) is 5.19. The van der Waals surface area contributed by atoms with Crippen molar-refractivity contribution in [3.05, 3.63) is 27.9 Å². The molecule has 0 aliphatic carbocycles. The molecular formula is C17H22N6O3. The number of nitrogens with zero attached hydrogens (tertiary/aromatic N) is 5. The van der Waals surface area contributed by atoms with Crippen LogP contribution >= 0.6 is 0 Å². The number of hydrogen-bond donors (Lipinski definition) is 1. The Morgan fingerprint density at radius 2 is 2.00 bits per heavy atom. The minimum atomic E-state index is -0.241. The van der Waals surface area contributed by atoms with Gasteiger partial charge in [0.05, 0.1) is 6.42 Å². The molecule has 0 spiro atoms. The molecule has 2 saturated heterocycles. The Balaban J connectivity index is 1.39. The maximum atomic E-state index is 12.6. The molecule has 0 bridgehead atoms. The van der Waals surface area contributed by atoms with E-state index in [1.54, 1.807) is 6.92 Å². The molecule has 4 heterocycles. The van der Waals surface area contributed by atoms with Gasteiger partial charge < -0.3 is 9.80 Å². The van der Waals surface area contributed by atoms with Crippen LogP contribution in [0.15, 0.2) is 10.9 Å². The fourth-order valence-corrected chi connectivity index (χ4v) is 3.85. The van der Waals surface area contributed by atoms with E-state index in [4.69, 9.17) is 0 Å². The summed E-state index contributed by atoms with van der Waals surface area (Å²) >= 11 is 0. The zero-order valence-corrected chi connectivity index (χ0v) is 14.8. The third-order valence-electron chi connectivity index (χ3n) is 5.19. The summed E-state index contributed by atoms with van der Waals surface area (Å²) in [6, 6.07) is 1.67. The lowest BCUT2D eigenvalue weighted by atomic mass is 10.0. The number of aryl methyl sites for hydroxylation is 1. The highest BCUT2D eigenvalue weighted by Gasteiger charge is 2.32. The van der Waals surface area contributed by atoms with E-state index in [1.807, 2.05) is 9.80 Å². The maximum absolute atomic E-state index is 12.6. The van der Waals surface area contributed by atoms with Crippen LogP contribution in [0.25, 0.3) is 5.78 Å². The molecule has 138 valence electrons. The summed E-state index contributed by atoms with van der Waals surface area (Å²) in [5.41, 5.74) is 0.354. The van der Waals surface area contributed by atoms with Crippen molar-refractivity contribution in [2.24, 2.45) is 0 Å². The van der Waals surface area contributed by atoms with Gasteiger partial charge in [0.2, 0.25) is 11.8 Å². The summed E-state index contributed by atoms with van der Waals surface area (Å²) in [6.45, 7) is 3.86. The van der Waals surface area contributed by atoms with Crippen LogP contribution in [0.2, 0.25) is 0 Å². The maximum Gasteiger partial charge on any atom is 0.274 e. The molecule has 9 heteroatoms. The van der Waals surface area contributed by atoms with Crippen molar-refractivity contribution in [3.8, 4) is 0 Å². The molecule has 2 aliphatic heterocycles. The van der Waals surface area contributed by atoms with Gasteiger partial charge in [0.15, 0.2) is 0 Å². The van der Waals surface area contributed by atoms with Gasteiger partial charge >= 0.3 is 0 Å². The Kier molecular flexibility index (Phi) is 4.21. The van der Waals surface area contributed by atoms with E-state index in [9.17, 15) is 14.4 Å². The van der Waals surface area contributed by atoms with Crippen LogP contribution in [-0.2, 0) is 16.0 Å². The number of fused-ring (bicyclic) bond motifs is 1. The van der Waals surface area contributed by atoms with E-state index in [0.717, 1.165) is 25.8 Å². The van der Waals surface area contributed by atoms with Crippen LogP contribution in [-0.4, -0.2) is 66.9 Å². The predicted octanol–water partition coefficient (Wildman–Crippen LogP) is -0.118. The summed E-state index contributed by atoms with van der Waals surface area (Å²) in [7, 11) is 0. The molecule has 2 aromatic heterocycles. The molecule has 9 nitrogen and oxygen atoms in total. The van der Waals surface area contributed by atoms with Crippen LogP contribution in [0.5, 0.6) is 0 Å². The smallest absolute Gasteiger partial charge is 0.274 e. The van der Waals surface area contributed by atoms with Crippen LogP contribution in [0.4, 0.5) is 0 Å². The number of aromatic nitrogens is 4. The van der Waals surface area contributed by atoms with Crippen LogP contribution in [0.3, 0.4) is 0 Å². The Bertz CT molecular complexity index is 909. The van der Waals surface area contributed by atoms with Gasteiger partial charge in [0, 0.05) is 43.9 Å². The van der Waals surface area contributed by atoms with E-state index in [1.165, 1.54) is 10.6 Å². The van der Waals surface area contributed by atoms with Crippen molar-refractivity contribution in [3.63, 3.8) is 0 Å². The Morgan fingerprint density at radius 1 is 1.23 bits per heavy atom. The van der Waals surface area contributed by atoms with Gasteiger partial charge in [-0.05, 0) is 26.2 Å². The number of piperidine rings is 1. The van der Waals surface area contributed by atoms with Crippen molar-refractivity contribution in [2.75, 3.05) is 19.6 Å². The van der Waals surface area contributed by atoms with Gasteiger partial charge in [-0.2, -0.15) is 9.50 Å². The molecule has 0 aromatic carbocycles. The minimum Gasteiger partial charge on any atom is -0.342 e. The highest BCUT2D eigenvalue weighted by molar-refractivity contribution is 5.79. The number of likely N-dealkylation sites (tertiary alicyclic amines) is 2. The SMILES string of the molecule is Cc1cc(=O)n2[nH]c(CC(=O)N3CCC(N4CCCC4=O)CC3)nc2n1. The Labute approximate surface area is 150 Å². The number of rotatable bonds is 3. The lowest BCUT2D eigenvalue weighted by Gasteiger charge is -2.36. The lowest BCUT2D eigenvalue weighted by molar-refractivity contribution is -0.134. The largest absolute Gasteiger partial charge is 0.342 e. The number of carbonyl (C=O) groups excluding carboxylic acids is 2. The summed E-state index contributed by atoms with van der Waals surface area (Å²) in [4.78, 5) is 48.6. The van der Waals surface area contributed by atoms with Gasteiger partial charge in [-0.15, -0.1) is 0 Å². The second-order valence-corrected chi connectivity index (χ2v) is 7.02. The summed E-state index contributed by atoms with van der Waals surface area (Å²) < 4.78 is 1.25. The zero-order chi connectivity index (χ0) is 18.3. The number of carbonyl (C=O) groups is 2. The average Bonchev–Trinajstić information content (AvgIpc) is 3.21. The van der Waals surface area contributed by atoms with E-state index in [2.05, 4.69) is 15.1 Å². The van der Waals surface area contributed by atoms with E-state index in [-0.39, 0.29) is 35.6 Å². The Hall–Kier alpha value is -2.71. The molecule has 26 heavy (non-hydrogen) atoms. The molecule has 2 aliphatic rings. The first-order valence-electron chi connectivity index (χ1n) is 9.04. The molecule has 4 rings (SSSR count). The fourth-order valence-electron chi connectivity index (χ4n) is 3.85.